The van der Waals surface area contributed by atoms with Crippen LogP contribution in [0.5, 0.6) is 5.75 Å². The van der Waals surface area contributed by atoms with E-state index in [1.807, 2.05) is 68.4 Å². The highest BCUT2D eigenvalue weighted by Crippen LogP contribution is 2.20. The quantitative estimate of drug-likeness (QED) is 0.655. The van der Waals surface area contributed by atoms with Gasteiger partial charge < -0.3 is 15.4 Å². The lowest BCUT2D eigenvalue weighted by molar-refractivity contribution is 0.306. The van der Waals surface area contributed by atoms with Gasteiger partial charge in [-0.2, -0.15) is 0 Å². The fraction of sp³-hybridized carbons (Fsp3) is 0.235. The standard InChI is InChI=1S/C17H21N3O/c1-12-9-13(7-8-16(12)17(18)19)11-21-15-6-4-5-14(10-15)20(2)3/h4-10H,11H2,1-3H3,(H3,18,19). The second-order valence-electron chi connectivity index (χ2n) is 5.24. The molecule has 3 N–H and O–H groups in total. The molecule has 2 rings (SSSR count). The summed E-state index contributed by atoms with van der Waals surface area (Å²) < 4.78 is 5.83. The Morgan fingerprint density at radius 2 is 1.95 bits per heavy atom. The molecule has 4 heteroatoms. The van der Waals surface area contributed by atoms with E-state index >= 15 is 0 Å². The molecule has 0 amide bonds. The summed E-state index contributed by atoms with van der Waals surface area (Å²) in [6.45, 7) is 2.45. The van der Waals surface area contributed by atoms with Crippen LogP contribution in [0.25, 0.3) is 0 Å². The lowest BCUT2D eigenvalue weighted by Gasteiger charge is -2.14. The Morgan fingerprint density at radius 1 is 1.19 bits per heavy atom. The van der Waals surface area contributed by atoms with Crippen LogP contribution >= 0.6 is 0 Å². The average Bonchev–Trinajstić information content (AvgIpc) is 2.45. The van der Waals surface area contributed by atoms with Crippen LogP contribution in [-0.4, -0.2) is 19.9 Å². The summed E-state index contributed by atoms with van der Waals surface area (Å²) >= 11 is 0. The maximum atomic E-state index is 7.49. The highest BCUT2D eigenvalue weighted by atomic mass is 16.5. The zero-order valence-corrected chi connectivity index (χ0v) is 12.7. The van der Waals surface area contributed by atoms with E-state index < -0.39 is 0 Å². The van der Waals surface area contributed by atoms with Gasteiger partial charge in [0, 0.05) is 31.4 Å². The molecule has 0 aliphatic rings. The first-order valence-electron chi connectivity index (χ1n) is 6.81. The predicted molar refractivity (Wildman–Crippen MR) is 87.3 cm³/mol. The second kappa shape index (κ2) is 6.31. The second-order valence-corrected chi connectivity index (χ2v) is 5.24. The van der Waals surface area contributed by atoms with E-state index in [-0.39, 0.29) is 5.84 Å². The van der Waals surface area contributed by atoms with Crippen LogP contribution < -0.4 is 15.4 Å². The van der Waals surface area contributed by atoms with E-state index in [0.29, 0.717) is 6.61 Å². The molecule has 0 atom stereocenters. The third kappa shape index (κ3) is 3.75. The molecule has 21 heavy (non-hydrogen) atoms. The van der Waals surface area contributed by atoms with Crippen LogP contribution in [0.15, 0.2) is 42.5 Å². The van der Waals surface area contributed by atoms with Crippen molar-refractivity contribution in [2.45, 2.75) is 13.5 Å². The number of nitrogens with zero attached hydrogens (tertiary/aromatic N) is 1. The van der Waals surface area contributed by atoms with Crippen LogP contribution in [0.1, 0.15) is 16.7 Å². The molecule has 0 spiro atoms. The molecule has 0 aliphatic carbocycles. The van der Waals surface area contributed by atoms with Gasteiger partial charge in [-0.1, -0.05) is 24.3 Å². The van der Waals surface area contributed by atoms with E-state index in [2.05, 4.69) is 0 Å². The van der Waals surface area contributed by atoms with E-state index in [0.717, 1.165) is 28.1 Å². The molecule has 0 aromatic heterocycles. The maximum absolute atomic E-state index is 7.49. The molecule has 0 fully saturated rings. The highest BCUT2D eigenvalue weighted by molar-refractivity contribution is 5.96. The van der Waals surface area contributed by atoms with Crippen molar-refractivity contribution >= 4 is 11.5 Å². The monoisotopic (exact) mass is 283 g/mol. The van der Waals surface area contributed by atoms with Crippen molar-refractivity contribution in [3.05, 3.63) is 59.2 Å². The summed E-state index contributed by atoms with van der Waals surface area (Å²) in [7, 11) is 4.01. The normalized spacial score (nSPS) is 10.2. The Bertz CT molecular complexity index is 650. The van der Waals surface area contributed by atoms with Gasteiger partial charge >= 0.3 is 0 Å². The molecule has 110 valence electrons. The van der Waals surface area contributed by atoms with Gasteiger partial charge in [0.2, 0.25) is 0 Å². The number of rotatable bonds is 5. The van der Waals surface area contributed by atoms with Gasteiger partial charge in [-0.05, 0) is 30.2 Å². The Morgan fingerprint density at radius 3 is 2.57 bits per heavy atom. The van der Waals surface area contributed by atoms with E-state index in [4.69, 9.17) is 15.9 Å². The number of hydrogen-bond donors (Lipinski definition) is 2. The number of hydrogen-bond acceptors (Lipinski definition) is 3. The van der Waals surface area contributed by atoms with Gasteiger partial charge in [0.25, 0.3) is 0 Å². The molecule has 0 bridgehead atoms. The Kier molecular flexibility index (Phi) is 4.48. The summed E-state index contributed by atoms with van der Waals surface area (Å²) in [5.41, 5.74) is 9.45. The van der Waals surface area contributed by atoms with Gasteiger partial charge in [-0.3, -0.25) is 5.41 Å². The van der Waals surface area contributed by atoms with Crippen LogP contribution in [0.2, 0.25) is 0 Å². The van der Waals surface area contributed by atoms with Crippen LogP contribution in [0.4, 0.5) is 5.69 Å². The molecule has 2 aromatic carbocycles. The van der Waals surface area contributed by atoms with Gasteiger partial charge in [0.15, 0.2) is 0 Å². The summed E-state index contributed by atoms with van der Waals surface area (Å²) in [6, 6.07) is 13.8. The lowest BCUT2D eigenvalue weighted by Crippen LogP contribution is -2.13. The highest BCUT2D eigenvalue weighted by Gasteiger charge is 2.04. The number of nitrogens with two attached hydrogens (primary N) is 1. The molecule has 0 saturated heterocycles. The minimum absolute atomic E-state index is 0.0960. The first-order chi connectivity index (χ1) is 9.97. The van der Waals surface area contributed by atoms with Crippen LogP contribution in [0, 0.1) is 12.3 Å². The number of amidine groups is 1. The van der Waals surface area contributed by atoms with Crippen molar-refractivity contribution in [2.24, 2.45) is 5.73 Å². The van der Waals surface area contributed by atoms with E-state index in [9.17, 15) is 0 Å². The van der Waals surface area contributed by atoms with Crippen molar-refractivity contribution in [3.63, 3.8) is 0 Å². The first kappa shape index (κ1) is 14.9. The van der Waals surface area contributed by atoms with Gasteiger partial charge in [-0.25, -0.2) is 0 Å². The summed E-state index contributed by atoms with van der Waals surface area (Å²) in [6.07, 6.45) is 0. The fourth-order valence-electron chi connectivity index (χ4n) is 2.14. The molecule has 0 heterocycles. The predicted octanol–water partition coefficient (Wildman–Crippen LogP) is 2.92. The van der Waals surface area contributed by atoms with E-state index in [1.165, 1.54) is 0 Å². The molecule has 0 radical (unpaired) electrons. The summed E-state index contributed by atoms with van der Waals surface area (Å²) in [5.74, 6) is 0.938. The molecule has 0 saturated carbocycles. The zero-order valence-electron chi connectivity index (χ0n) is 12.7. The molecule has 4 nitrogen and oxygen atoms in total. The average molecular weight is 283 g/mol. The Labute approximate surface area is 125 Å². The largest absolute Gasteiger partial charge is 0.489 e. The zero-order chi connectivity index (χ0) is 15.4. The van der Waals surface area contributed by atoms with Crippen LogP contribution in [0.3, 0.4) is 0 Å². The summed E-state index contributed by atoms with van der Waals surface area (Å²) in [4.78, 5) is 2.04. The summed E-state index contributed by atoms with van der Waals surface area (Å²) in [5, 5.41) is 7.49. The lowest BCUT2D eigenvalue weighted by atomic mass is 10.0. The van der Waals surface area contributed by atoms with Crippen molar-refractivity contribution in [1.82, 2.24) is 0 Å². The van der Waals surface area contributed by atoms with Crippen molar-refractivity contribution in [3.8, 4) is 5.75 Å². The minimum Gasteiger partial charge on any atom is -0.489 e. The van der Waals surface area contributed by atoms with Gasteiger partial charge in [0.1, 0.15) is 18.2 Å². The minimum atomic E-state index is 0.0960. The topological polar surface area (TPSA) is 62.3 Å². The number of ether oxygens (including phenoxy) is 1. The van der Waals surface area contributed by atoms with Crippen molar-refractivity contribution in [2.75, 3.05) is 19.0 Å². The van der Waals surface area contributed by atoms with Gasteiger partial charge in [-0.15, -0.1) is 0 Å². The first-order valence-corrected chi connectivity index (χ1v) is 6.81. The maximum Gasteiger partial charge on any atom is 0.123 e. The molecule has 2 aromatic rings. The number of aryl methyl sites for hydroxylation is 1. The Balaban J connectivity index is 2.08. The number of nitrogen functional groups attached to an aromatic ring is 1. The van der Waals surface area contributed by atoms with Crippen molar-refractivity contribution < 1.29 is 4.74 Å². The van der Waals surface area contributed by atoms with E-state index in [1.54, 1.807) is 0 Å². The third-order valence-electron chi connectivity index (χ3n) is 3.32. The van der Waals surface area contributed by atoms with Crippen molar-refractivity contribution in [1.29, 1.82) is 5.41 Å². The third-order valence-corrected chi connectivity index (χ3v) is 3.32. The number of anilines is 1. The molecular weight excluding hydrogens is 262 g/mol. The molecular formula is C17H21N3O. The molecule has 0 aliphatic heterocycles. The fourth-order valence-corrected chi connectivity index (χ4v) is 2.14. The smallest absolute Gasteiger partial charge is 0.123 e. The number of nitrogens with one attached hydrogen (secondary N) is 1. The van der Waals surface area contributed by atoms with Gasteiger partial charge in [0.05, 0.1) is 0 Å². The molecule has 0 unspecified atom stereocenters. The SMILES string of the molecule is Cc1cc(COc2cccc(N(C)C)c2)ccc1C(=N)N. The Hall–Kier alpha value is -2.49. The number of benzene rings is 2. The van der Waals surface area contributed by atoms with Crippen LogP contribution in [-0.2, 0) is 6.61 Å².